The lowest BCUT2D eigenvalue weighted by Gasteiger charge is -2.27. The normalized spacial score (nSPS) is 19.3. The highest BCUT2D eigenvalue weighted by molar-refractivity contribution is 5.92. The van der Waals surface area contributed by atoms with E-state index in [1.165, 1.54) is 0 Å². The SMILES string of the molecule is Cc1cc(C(=O)N2CCOCC2)nc(NCCN2CCOCC2)n1. The second-order valence-corrected chi connectivity index (χ2v) is 6.00. The standard InChI is InChI=1S/C16H25N5O3/c1-13-12-14(15(22)21-6-10-24-11-7-21)19-16(18-13)17-2-3-20-4-8-23-9-5-20/h12H,2-11H2,1H3,(H,17,18,19). The van der Waals surface area contributed by atoms with Crippen LogP contribution in [0.2, 0.25) is 0 Å². The molecule has 1 amide bonds. The molecule has 132 valence electrons. The van der Waals surface area contributed by atoms with E-state index >= 15 is 0 Å². The third-order valence-electron chi connectivity index (χ3n) is 4.19. The second-order valence-electron chi connectivity index (χ2n) is 6.00. The van der Waals surface area contributed by atoms with E-state index in [2.05, 4.69) is 20.2 Å². The van der Waals surface area contributed by atoms with Gasteiger partial charge in [-0.2, -0.15) is 0 Å². The van der Waals surface area contributed by atoms with Crippen molar-refractivity contribution in [2.75, 3.05) is 71.0 Å². The van der Waals surface area contributed by atoms with Crippen molar-refractivity contribution in [1.82, 2.24) is 19.8 Å². The molecule has 2 aliphatic rings. The molecule has 1 N–H and O–H groups in total. The number of aromatic nitrogens is 2. The summed E-state index contributed by atoms with van der Waals surface area (Å²) in [7, 11) is 0. The molecule has 0 atom stereocenters. The third kappa shape index (κ3) is 4.62. The Morgan fingerprint density at radius 2 is 1.79 bits per heavy atom. The number of amides is 1. The summed E-state index contributed by atoms with van der Waals surface area (Å²) in [6.45, 7) is 9.42. The van der Waals surface area contributed by atoms with Crippen molar-refractivity contribution in [3.8, 4) is 0 Å². The minimum Gasteiger partial charge on any atom is -0.379 e. The third-order valence-corrected chi connectivity index (χ3v) is 4.19. The summed E-state index contributed by atoms with van der Waals surface area (Å²) in [4.78, 5) is 25.5. The van der Waals surface area contributed by atoms with E-state index in [0.29, 0.717) is 37.9 Å². The fourth-order valence-electron chi connectivity index (χ4n) is 2.84. The molecular formula is C16H25N5O3. The molecular weight excluding hydrogens is 310 g/mol. The summed E-state index contributed by atoms with van der Waals surface area (Å²) in [6.07, 6.45) is 0. The largest absolute Gasteiger partial charge is 0.379 e. The van der Waals surface area contributed by atoms with Gasteiger partial charge in [0.05, 0.1) is 26.4 Å². The number of anilines is 1. The smallest absolute Gasteiger partial charge is 0.272 e. The highest BCUT2D eigenvalue weighted by atomic mass is 16.5. The van der Waals surface area contributed by atoms with Crippen molar-refractivity contribution in [2.45, 2.75) is 6.92 Å². The number of nitrogens with zero attached hydrogens (tertiary/aromatic N) is 4. The molecule has 8 heteroatoms. The van der Waals surface area contributed by atoms with Crippen LogP contribution >= 0.6 is 0 Å². The summed E-state index contributed by atoms with van der Waals surface area (Å²) in [5.74, 6) is 0.458. The van der Waals surface area contributed by atoms with E-state index in [9.17, 15) is 4.79 Å². The van der Waals surface area contributed by atoms with Gasteiger partial charge in [0.15, 0.2) is 0 Å². The predicted octanol–water partition coefficient (Wildman–Crippen LogP) is 0.00152. The van der Waals surface area contributed by atoms with E-state index in [-0.39, 0.29) is 5.91 Å². The lowest BCUT2D eigenvalue weighted by atomic mass is 10.3. The van der Waals surface area contributed by atoms with Gasteiger partial charge in [-0.15, -0.1) is 0 Å². The van der Waals surface area contributed by atoms with Crippen LogP contribution in [0.3, 0.4) is 0 Å². The van der Waals surface area contributed by atoms with E-state index in [1.807, 2.05) is 6.92 Å². The van der Waals surface area contributed by atoms with Gasteiger partial charge in [0.25, 0.3) is 5.91 Å². The molecule has 3 rings (SSSR count). The molecule has 0 unspecified atom stereocenters. The van der Waals surface area contributed by atoms with Gasteiger partial charge in [-0.05, 0) is 13.0 Å². The summed E-state index contributed by atoms with van der Waals surface area (Å²) in [6, 6.07) is 1.74. The Morgan fingerprint density at radius 1 is 1.12 bits per heavy atom. The molecule has 0 aliphatic carbocycles. The Balaban J connectivity index is 1.57. The van der Waals surface area contributed by atoms with E-state index < -0.39 is 0 Å². The highest BCUT2D eigenvalue weighted by Crippen LogP contribution is 2.09. The molecule has 0 radical (unpaired) electrons. The van der Waals surface area contributed by atoms with Gasteiger partial charge in [0.1, 0.15) is 5.69 Å². The molecule has 0 saturated carbocycles. The van der Waals surface area contributed by atoms with E-state index in [0.717, 1.165) is 45.1 Å². The Morgan fingerprint density at radius 3 is 2.50 bits per heavy atom. The number of hydrogen-bond acceptors (Lipinski definition) is 7. The van der Waals surface area contributed by atoms with Crippen molar-refractivity contribution in [3.05, 3.63) is 17.5 Å². The lowest BCUT2D eigenvalue weighted by molar-refractivity contribution is 0.0299. The van der Waals surface area contributed by atoms with Crippen molar-refractivity contribution in [1.29, 1.82) is 0 Å². The van der Waals surface area contributed by atoms with Crippen LogP contribution in [-0.2, 0) is 9.47 Å². The molecule has 1 aromatic rings. The highest BCUT2D eigenvalue weighted by Gasteiger charge is 2.20. The topological polar surface area (TPSA) is 79.8 Å². The van der Waals surface area contributed by atoms with Crippen LogP contribution < -0.4 is 5.32 Å². The molecule has 2 aliphatic heterocycles. The van der Waals surface area contributed by atoms with Gasteiger partial charge in [0.2, 0.25) is 5.95 Å². The number of ether oxygens (including phenoxy) is 2. The fourth-order valence-corrected chi connectivity index (χ4v) is 2.84. The van der Waals surface area contributed by atoms with Gasteiger partial charge in [-0.3, -0.25) is 9.69 Å². The number of nitrogens with one attached hydrogen (secondary N) is 1. The maximum Gasteiger partial charge on any atom is 0.272 e. The maximum atomic E-state index is 12.6. The summed E-state index contributed by atoms with van der Waals surface area (Å²) in [5, 5.41) is 3.23. The minimum absolute atomic E-state index is 0.0555. The number of carbonyl (C=O) groups excluding carboxylic acids is 1. The zero-order valence-corrected chi connectivity index (χ0v) is 14.2. The number of aryl methyl sites for hydroxylation is 1. The van der Waals surface area contributed by atoms with Gasteiger partial charge in [0, 0.05) is 45.0 Å². The Labute approximate surface area is 142 Å². The number of carbonyl (C=O) groups is 1. The zero-order chi connectivity index (χ0) is 16.8. The van der Waals surface area contributed by atoms with E-state index in [4.69, 9.17) is 9.47 Å². The summed E-state index contributed by atoms with van der Waals surface area (Å²) >= 11 is 0. The van der Waals surface area contributed by atoms with Crippen LogP contribution in [0.4, 0.5) is 5.95 Å². The molecule has 0 spiro atoms. The molecule has 8 nitrogen and oxygen atoms in total. The van der Waals surface area contributed by atoms with Crippen LogP contribution in [0.15, 0.2) is 6.07 Å². The monoisotopic (exact) mass is 335 g/mol. The van der Waals surface area contributed by atoms with Gasteiger partial charge in [-0.1, -0.05) is 0 Å². The van der Waals surface area contributed by atoms with Gasteiger partial charge >= 0.3 is 0 Å². The first kappa shape index (κ1) is 17.1. The molecule has 1 aromatic heterocycles. The average molecular weight is 335 g/mol. The molecule has 24 heavy (non-hydrogen) atoms. The van der Waals surface area contributed by atoms with Crippen molar-refractivity contribution in [3.63, 3.8) is 0 Å². The van der Waals surface area contributed by atoms with E-state index in [1.54, 1.807) is 11.0 Å². The summed E-state index contributed by atoms with van der Waals surface area (Å²) < 4.78 is 10.6. The zero-order valence-electron chi connectivity index (χ0n) is 14.2. The number of rotatable bonds is 5. The number of hydrogen-bond donors (Lipinski definition) is 1. The second kappa shape index (κ2) is 8.36. The van der Waals surface area contributed by atoms with Crippen LogP contribution in [0.25, 0.3) is 0 Å². The minimum atomic E-state index is -0.0555. The predicted molar refractivity (Wildman–Crippen MR) is 89.2 cm³/mol. The molecule has 2 saturated heterocycles. The molecule has 3 heterocycles. The van der Waals surface area contributed by atoms with Gasteiger partial charge < -0.3 is 19.7 Å². The molecule has 2 fully saturated rings. The fraction of sp³-hybridized carbons (Fsp3) is 0.688. The Kier molecular flexibility index (Phi) is 5.95. The van der Waals surface area contributed by atoms with Crippen molar-refractivity contribution >= 4 is 11.9 Å². The van der Waals surface area contributed by atoms with Crippen molar-refractivity contribution in [2.24, 2.45) is 0 Å². The van der Waals surface area contributed by atoms with Crippen LogP contribution in [0.1, 0.15) is 16.2 Å². The van der Waals surface area contributed by atoms with Crippen molar-refractivity contribution < 1.29 is 14.3 Å². The average Bonchev–Trinajstić information content (AvgIpc) is 2.62. The maximum absolute atomic E-state index is 12.6. The lowest BCUT2D eigenvalue weighted by Crippen LogP contribution is -2.41. The Hall–Kier alpha value is -1.77. The number of morpholine rings is 2. The summed E-state index contributed by atoms with van der Waals surface area (Å²) in [5.41, 5.74) is 1.23. The first-order valence-electron chi connectivity index (χ1n) is 8.49. The quantitative estimate of drug-likeness (QED) is 0.811. The van der Waals surface area contributed by atoms with Crippen LogP contribution in [0, 0.1) is 6.92 Å². The molecule has 0 aromatic carbocycles. The van der Waals surface area contributed by atoms with Crippen LogP contribution in [0.5, 0.6) is 0 Å². The molecule has 0 bridgehead atoms. The Bertz CT molecular complexity index is 557. The van der Waals surface area contributed by atoms with Crippen LogP contribution in [-0.4, -0.2) is 91.4 Å². The first-order valence-corrected chi connectivity index (χ1v) is 8.49. The first-order chi connectivity index (χ1) is 11.7. The van der Waals surface area contributed by atoms with Gasteiger partial charge in [-0.25, -0.2) is 9.97 Å².